The molecule has 0 radical (unpaired) electrons. The van der Waals surface area contributed by atoms with E-state index in [2.05, 4.69) is 25.0 Å². The summed E-state index contributed by atoms with van der Waals surface area (Å²) in [5.74, 6) is 0.665. The summed E-state index contributed by atoms with van der Waals surface area (Å²) in [5, 5.41) is 6.35. The lowest BCUT2D eigenvalue weighted by atomic mass is 10.2. The summed E-state index contributed by atoms with van der Waals surface area (Å²) in [7, 11) is 0. The number of carbonyl (C=O) groups excluding carboxylic acids is 1. The van der Waals surface area contributed by atoms with E-state index in [1.807, 2.05) is 0 Å². The monoisotopic (exact) mass is 233 g/mol. The van der Waals surface area contributed by atoms with Gasteiger partial charge in [0.15, 0.2) is 5.82 Å². The zero-order chi connectivity index (χ0) is 12.1. The highest BCUT2D eigenvalue weighted by molar-refractivity contribution is 5.94. The van der Waals surface area contributed by atoms with Gasteiger partial charge < -0.3 is 15.6 Å². The van der Waals surface area contributed by atoms with Crippen molar-refractivity contribution in [2.75, 3.05) is 12.3 Å². The molecular formula is C10H11N5O2. The molecule has 0 unspecified atom stereocenters. The molecule has 0 fully saturated rings. The van der Waals surface area contributed by atoms with Crippen LogP contribution in [0, 0.1) is 0 Å². The van der Waals surface area contributed by atoms with Crippen LogP contribution in [0.4, 0.5) is 5.82 Å². The van der Waals surface area contributed by atoms with Gasteiger partial charge in [0.05, 0.1) is 0 Å². The van der Waals surface area contributed by atoms with Crippen LogP contribution in [0.2, 0.25) is 0 Å². The quantitative estimate of drug-likeness (QED) is 0.770. The molecule has 0 spiro atoms. The first-order chi connectivity index (χ1) is 8.25. The molecule has 2 rings (SSSR count). The molecule has 17 heavy (non-hydrogen) atoms. The lowest BCUT2D eigenvalue weighted by Gasteiger charge is -2.03. The highest BCUT2D eigenvalue weighted by Crippen LogP contribution is 2.02. The van der Waals surface area contributed by atoms with Crippen molar-refractivity contribution < 1.29 is 9.32 Å². The number of anilines is 1. The summed E-state index contributed by atoms with van der Waals surface area (Å²) in [6, 6.07) is 3.11. The van der Waals surface area contributed by atoms with Crippen LogP contribution in [0.5, 0.6) is 0 Å². The third-order valence-corrected chi connectivity index (χ3v) is 2.08. The molecule has 0 bridgehead atoms. The lowest BCUT2D eigenvalue weighted by molar-refractivity contribution is 0.0954. The maximum Gasteiger partial charge on any atom is 0.251 e. The van der Waals surface area contributed by atoms with Crippen LogP contribution in [0.25, 0.3) is 0 Å². The van der Waals surface area contributed by atoms with Crippen LogP contribution in [-0.4, -0.2) is 27.6 Å². The Balaban J connectivity index is 1.85. The van der Waals surface area contributed by atoms with E-state index in [0.29, 0.717) is 30.2 Å². The van der Waals surface area contributed by atoms with Gasteiger partial charge in [-0.25, -0.2) is 4.98 Å². The van der Waals surface area contributed by atoms with Crippen molar-refractivity contribution in [3.8, 4) is 0 Å². The molecule has 0 aliphatic carbocycles. The van der Waals surface area contributed by atoms with Gasteiger partial charge in [-0.05, 0) is 12.1 Å². The SMILES string of the molecule is Nc1cc(C(=O)NCCc2ncon2)ccn1. The highest BCUT2D eigenvalue weighted by atomic mass is 16.5. The van der Waals surface area contributed by atoms with E-state index in [1.165, 1.54) is 18.7 Å². The predicted octanol–water partition coefficient (Wildman–Crippen LogP) is 0.0193. The predicted molar refractivity (Wildman–Crippen MR) is 59.0 cm³/mol. The fraction of sp³-hybridized carbons (Fsp3) is 0.200. The summed E-state index contributed by atoms with van der Waals surface area (Å²) in [4.78, 5) is 19.3. The minimum atomic E-state index is -0.206. The van der Waals surface area contributed by atoms with Crippen LogP contribution in [0.3, 0.4) is 0 Å². The Morgan fingerprint density at radius 3 is 3.06 bits per heavy atom. The Morgan fingerprint density at radius 1 is 1.47 bits per heavy atom. The summed E-state index contributed by atoms with van der Waals surface area (Å²) in [6.07, 6.45) is 3.26. The molecule has 3 N–H and O–H groups in total. The summed E-state index contributed by atoms with van der Waals surface area (Å²) >= 11 is 0. The third-order valence-electron chi connectivity index (χ3n) is 2.08. The molecule has 2 aromatic heterocycles. The zero-order valence-electron chi connectivity index (χ0n) is 8.96. The smallest absolute Gasteiger partial charge is 0.251 e. The number of nitrogens with zero attached hydrogens (tertiary/aromatic N) is 3. The first-order valence-corrected chi connectivity index (χ1v) is 5.00. The van der Waals surface area contributed by atoms with Crippen molar-refractivity contribution in [3.63, 3.8) is 0 Å². The van der Waals surface area contributed by atoms with Gasteiger partial charge in [0, 0.05) is 24.7 Å². The average molecular weight is 233 g/mol. The van der Waals surface area contributed by atoms with Gasteiger partial charge in [-0.2, -0.15) is 4.98 Å². The molecule has 7 heteroatoms. The number of hydrogen-bond donors (Lipinski definition) is 2. The third kappa shape index (κ3) is 3.00. The number of pyridine rings is 1. The average Bonchev–Trinajstić information content (AvgIpc) is 2.82. The summed E-state index contributed by atoms with van der Waals surface area (Å²) in [5.41, 5.74) is 5.96. The second kappa shape index (κ2) is 5.06. The number of rotatable bonds is 4. The molecule has 7 nitrogen and oxygen atoms in total. The lowest BCUT2D eigenvalue weighted by Crippen LogP contribution is -2.26. The Morgan fingerprint density at radius 2 is 2.35 bits per heavy atom. The molecule has 1 amide bonds. The number of nitrogens with two attached hydrogens (primary N) is 1. The van der Waals surface area contributed by atoms with Crippen LogP contribution in [-0.2, 0) is 6.42 Å². The topological polar surface area (TPSA) is 107 Å². The van der Waals surface area contributed by atoms with E-state index in [-0.39, 0.29) is 5.91 Å². The van der Waals surface area contributed by atoms with Crippen molar-refractivity contribution in [3.05, 3.63) is 36.1 Å². The van der Waals surface area contributed by atoms with Crippen LogP contribution < -0.4 is 11.1 Å². The maximum atomic E-state index is 11.7. The normalized spacial score (nSPS) is 10.1. The molecular weight excluding hydrogens is 222 g/mol. The number of aromatic nitrogens is 3. The van der Waals surface area contributed by atoms with E-state index in [4.69, 9.17) is 5.73 Å². The fourth-order valence-corrected chi connectivity index (χ4v) is 1.28. The molecule has 0 aromatic carbocycles. The Labute approximate surface area is 97.0 Å². The van der Waals surface area contributed by atoms with Gasteiger partial charge in [-0.15, -0.1) is 0 Å². The van der Waals surface area contributed by atoms with Crippen molar-refractivity contribution in [1.29, 1.82) is 0 Å². The molecule has 0 saturated carbocycles. The summed E-state index contributed by atoms with van der Waals surface area (Å²) in [6.45, 7) is 0.431. The van der Waals surface area contributed by atoms with Gasteiger partial charge in [-0.3, -0.25) is 4.79 Å². The molecule has 0 aliphatic rings. The number of carbonyl (C=O) groups is 1. The fourth-order valence-electron chi connectivity index (χ4n) is 1.28. The van der Waals surface area contributed by atoms with Crippen molar-refractivity contribution in [2.24, 2.45) is 0 Å². The van der Waals surface area contributed by atoms with Crippen LogP contribution in [0.1, 0.15) is 16.2 Å². The Bertz CT molecular complexity index is 497. The molecule has 0 saturated heterocycles. The molecule has 88 valence electrons. The Kier molecular flexibility index (Phi) is 3.29. The first-order valence-electron chi connectivity index (χ1n) is 5.00. The second-order valence-electron chi connectivity index (χ2n) is 3.32. The van der Waals surface area contributed by atoms with E-state index in [1.54, 1.807) is 6.07 Å². The van der Waals surface area contributed by atoms with Crippen molar-refractivity contribution in [2.45, 2.75) is 6.42 Å². The highest BCUT2D eigenvalue weighted by Gasteiger charge is 2.06. The van der Waals surface area contributed by atoms with Crippen LogP contribution in [0.15, 0.2) is 29.2 Å². The van der Waals surface area contributed by atoms with Gasteiger partial charge >= 0.3 is 0 Å². The molecule has 0 aliphatic heterocycles. The minimum absolute atomic E-state index is 0.206. The van der Waals surface area contributed by atoms with E-state index >= 15 is 0 Å². The summed E-state index contributed by atoms with van der Waals surface area (Å²) < 4.78 is 4.57. The van der Waals surface area contributed by atoms with Crippen LogP contribution >= 0.6 is 0 Å². The standard InChI is InChI=1S/C10H11N5O2/c11-8-5-7(1-3-12-8)10(16)13-4-2-9-14-6-17-15-9/h1,3,5-6H,2,4H2,(H2,11,12)(H,13,16). The van der Waals surface area contributed by atoms with E-state index < -0.39 is 0 Å². The van der Waals surface area contributed by atoms with E-state index in [0.717, 1.165) is 0 Å². The zero-order valence-corrected chi connectivity index (χ0v) is 8.96. The minimum Gasteiger partial charge on any atom is -0.384 e. The second-order valence-corrected chi connectivity index (χ2v) is 3.32. The van der Waals surface area contributed by atoms with Gasteiger partial charge in [0.25, 0.3) is 5.91 Å². The van der Waals surface area contributed by atoms with E-state index in [9.17, 15) is 4.79 Å². The molecule has 2 aromatic rings. The van der Waals surface area contributed by atoms with Gasteiger partial charge in [0.2, 0.25) is 6.39 Å². The van der Waals surface area contributed by atoms with Crippen molar-refractivity contribution in [1.82, 2.24) is 20.4 Å². The molecule has 2 heterocycles. The van der Waals surface area contributed by atoms with Gasteiger partial charge in [0.1, 0.15) is 5.82 Å². The number of nitrogen functional groups attached to an aromatic ring is 1. The number of amides is 1. The number of nitrogens with one attached hydrogen (secondary N) is 1. The number of hydrogen-bond acceptors (Lipinski definition) is 6. The molecule has 0 atom stereocenters. The van der Waals surface area contributed by atoms with Crippen molar-refractivity contribution >= 4 is 11.7 Å². The Hall–Kier alpha value is -2.44. The van der Waals surface area contributed by atoms with Gasteiger partial charge in [-0.1, -0.05) is 5.16 Å². The first kappa shape index (κ1) is 11.1. The largest absolute Gasteiger partial charge is 0.384 e. The maximum absolute atomic E-state index is 11.7.